The third kappa shape index (κ3) is 10.7. The Morgan fingerprint density at radius 3 is 2.56 bits per heavy atom. The number of halogens is 2. The molecule has 4 aromatic rings. The highest BCUT2D eigenvalue weighted by Gasteiger charge is 2.40. The van der Waals surface area contributed by atoms with Crippen molar-refractivity contribution < 1.29 is 33.0 Å². The third-order valence-corrected chi connectivity index (χ3v) is 14.0. The van der Waals surface area contributed by atoms with Crippen LogP contribution in [-0.4, -0.2) is 131 Å². The average Bonchev–Trinajstić information content (AvgIpc) is 3.63. The van der Waals surface area contributed by atoms with E-state index in [0.29, 0.717) is 66.1 Å². The molecule has 14 nitrogen and oxygen atoms in total. The van der Waals surface area contributed by atoms with E-state index in [-0.39, 0.29) is 29.2 Å². The second-order valence-electron chi connectivity index (χ2n) is 16.5. The first kappa shape index (κ1) is 44.6. The first-order chi connectivity index (χ1) is 30.6. The first-order valence-electron chi connectivity index (χ1n) is 22.0. The number of nitrogens with zero attached hydrogens (tertiary/aromatic N) is 6. The van der Waals surface area contributed by atoms with Crippen molar-refractivity contribution in [2.45, 2.75) is 81.3 Å². The Kier molecular flexibility index (Phi) is 14.6. The van der Waals surface area contributed by atoms with Crippen molar-refractivity contribution in [2.75, 3.05) is 70.6 Å². The van der Waals surface area contributed by atoms with Crippen molar-refractivity contribution in [3.63, 3.8) is 0 Å². The molecule has 1 aromatic heterocycles. The molecule has 17 heteroatoms. The van der Waals surface area contributed by atoms with Gasteiger partial charge < -0.3 is 29.5 Å². The summed E-state index contributed by atoms with van der Waals surface area (Å²) in [6.07, 6.45) is 8.49. The van der Waals surface area contributed by atoms with Crippen molar-refractivity contribution in [3.8, 4) is 11.5 Å². The molecule has 5 heterocycles. The second kappa shape index (κ2) is 20.6. The Labute approximate surface area is 376 Å². The fourth-order valence-corrected chi connectivity index (χ4v) is 10.3. The van der Waals surface area contributed by atoms with E-state index in [1.54, 1.807) is 29.8 Å². The summed E-state index contributed by atoms with van der Waals surface area (Å²) in [6, 6.07) is 13.8. The highest BCUT2D eigenvalue weighted by molar-refractivity contribution is 7.99. The Morgan fingerprint density at radius 1 is 0.952 bits per heavy atom. The lowest BCUT2D eigenvalue weighted by Crippen LogP contribution is -2.54. The summed E-state index contributed by atoms with van der Waals surface area (Å²) < 4.78 is 25.6. The van der Waals surface area contributed by atoms with Gasteiger partial charge in [-0.15, -0.1) is 11.8 Å². The van der Waals surface area contributed by atoms with Crippen LogP contribution in [0.3, 0.4) is 0 Å². The van der Waals surface area contributed by atoms with Gasteiger partial charge in [-0.2, -0.15) is 0 Å². The number of rotatable bonds is 17. The van der Waals surface area contributed by atoms with Gasteiger partial charge in [0.15, 0.2) is 11.5 Å². The number of likely N-dealkylation sites (tertiary alicyclic amines) is 1. The normalized spacial score (nSPS) is 18.8. The monoisotopic (exact) mass is 900 g/mol. The number of hydrogen-bond acceptors (Lipinski definition) is 12. The summed E-state index contributed by atoms with van der Waals surface area (Å²) in [6.45, 7) is 7.30. The Hall–Kier alpha value is -5.03. The average molecular weight is 902 g/mol. The van der Waals surface area contributed by atoms with Crippen LogP contribution in [0.25, 0.3) is 10.9 Å². The molecule has 3 fully saturated rings. The van der Waals surface area contributed by atoms with E-state index < -0.39 is 17.8 Å². The summed E-state index contributed by atoms with van der Waals surface area (Å²) in [5, 5.41) is 6.33. The number of hydrogen-bond donors (Lipinski definition) is 2. The van der Waals surface area contributed by atoms with Crippen LogP contribution in [0, 0.1) is 5.82 Å². The standard InChI is InChI=1S/C46H54ClFN8O6S/c1-61-39-27-37-33(44(50-29-49-37)51-30-10-11-36(48)35(47)25-30)26-40(39)62-23-6-16-53-17-14-31(15-18-53)54-19-21-55(22-20-54)43(58)9-3-2-4-24-63-41-8-5-7-32-34(41)28-56(46(32)60)38-12-13-42(57)52-45(38)59/h5,7-8,10-11,25-27,29,31,38H,2-4,6,9,12-24,28H2,1H3,(H,49,50,51)(H,52,57,59). The largest absolute Gasteiger partial charge is 0.493 e. The van der Waals surface area contributed by atoms with Crippen LogP contribution in [-0.2, 0) is 20.9 Å². The summed E-state index contributed by atoms with van der Waals surface area (Å²) in [7, 11) is 1.60. The number of piperazine rings is 1. The number of nitrogens with one attached hydrogen (secondary N) is 2. The molecule has 1 atom stereocenters. The topological polar surface area (TPSA) is 150 Å². The number of anilines is 2. The lowest BCUT2D eigenvalue weighted by atomic mass is 10.0. The van der Waals surface area contributed by atoms with E-state index in [2.05, 4.69) is 30.4 Å². The van der Waals surface area contributed by atoms with Crippen LogP contribution in [0.5, 0.6) is 11.5 Å². The second-order valence-corrected chi connectivity index (χ2v) is 18.1. The van der Waals surface area contributed by atoms with Crippen LogP contribution in [0.2, 0.25) is 5.02 Å². The minimum atomic E-state index is -0.617. The van der Waals surface area contributed by atoms with Crippen molar-refractivity contribution >= 4 is 69.4 Å². The van der Waals surface area contributed by atoms with Crippen molar-refractivity contribution in [1.82, 2.24) is 34.9 Å². The van der Waals surface area contributed by atoms with Gasteiger partial charge in [-0.25, -0.2) is 14.4 Å². The molecule has 2 N–H and O–H groups in total. The Bertz CT molecular complexity index is 2320. The highest BCUT2D eigenvalue weighted by atomic mass is 35.5. The number of benzene rings is 3. The molecule has 0 spiro atoms. The van der Waals surface area contributed by atoms with Crippen LogP contribution >= 0.6 is 23.4 Å². The van der Waals surface area contributed by atoms with Gasteiger partial charge in [0, 0.05) is 85.8 Å². The van der Waals surface area contributed by atoms with Crippen molar-refractivity contribution in [3.05, 3.63) is 76.8 Å². The molecule has 0 saturated carbocycles. The number of carbonyl (C=O) groups is 4. The lowest BCUT2D eigenvalue weighted by Gasteiger charge is -2.42. The fourth-order valence-electron chi connectivity index (χ4n) is 9.05. The number of piperidine rings is 2. The number of carbonyl (C=O) groups excluding carboxylic acids is 4. The van der Waals surface area contributed by atoms with Gasteiger partial charge in [0.05, 0.1) is 24.3 Å². The van der Waals surface area contributed by atoms with E-state index in [1.165, 1.54) is 18.5 Å². The molecular formula is C46H54ClFN8O6S. The molecule has 3 aromatic carbocycles. The SMILES string of the molecule is COc1cc2ncnc(Nc3ccc(F)c(Cl)c3)c2cc1OCCCN1CCC(N2CCN(C(=O)CCCCCSc3cccc4c3CN(C3CCC(=O)NC3=O)C4=O)CC2)CC1. The van der Waals surface area contributed by atoms with Crippen LogP contribution in [0.15, 0.2) is 59.8 Å². The summed E-state index contributed by atoms with van der Waals surface area (Å²) in [4.78, 5) is 68.9. The first-order valence-corrected chi connectivity index (χ1v) is 23.3. The van der Waals surface area contributed by atoms with Gasteiger partial charge >= 0.3 is 0 Å². The van der Waals surface area contributed by atoms with Gasteiger partial charge in [0.2, 0.25) is 17.7 Å². The fraction of sp³-hybridized carbons (Fsp3) is 0.478. The quantitative estimate of drug-likeness (QED) is 0.0663. The maximum atomic E-state index is 13.7. The van der Waals surface area contributed by atoms with Gasteiger partial charge in [-0.1, -0.05) is 24.1 Å². The zero-order valence-corrected chi connectivity index (χ0v) is 37.2. The zero-order valence-electron chi connectivity index (χ0n) is 35.6. The lowest BCUT2D eigenvalue weighted by molar-refractivity contribution is -0.137. The molecule has 4 aliphatic heterocycles. The van der Waals surface area contributed by atoms with E-state index in [1.807, 2.05) is 35.2 Å². The van der Waals surface area contributed by atoms with Gasteiger partial charge in [0.1, 0.15) is 24.0 Å². The Morgan fingerprint density at radius 2 is 1.78 bits per heavy atom. The molecular weight excluding hydrogens is 847 g/mol. The molecule has 63 heavy (non-hydrogen) atoms. The van der Waals surface area contributed by atoms with Crippen LogP contribution < -0.4 is 20.1 Å². The zero-order chi connectivity index (χ0) is 43.9. The maximum Gasteiger partial charge on any atom is 0.255 e. The molecule has 4 amide bonds. The summed E-state index contributed by atoms with van der Waals surface area (Å²) in [5.41, 5.74) is 2.87. The smallest absolute Gasteiger partial charge is 0.255 e. The Balaban J connectivity index is 0.702. The molecule has 3 saturated heterocycles. The number of aromatic nitrogens is 2. The number of unbranched alkanes of at least 4 members (excludes halogenated alkanes) is 2. The van der Waals surface area contributed by atoms with Gasteiger partial charge in [-0.05, 0) is 99.3 Å². The molecule has 0 bridgehead atoms. The molecule has 1 unspecified atom stereocenters. The predicted molar refractivity (Wildman–Crippen MR) is 240 cm³/mol. The summed E-state index contributed by atoms with van der Waals surface area (Å²) >= 11 is 7.71. The van der Waals surface area contributed by atoms with Gasteiger partial charge in [0.25, 0.3) is 5.91 Å². The molecule has 0 radical (unpaired) electrons. The van der Waals surface area contributed by atoms with E-state index in [4.69, 9.17) is 21.1 Å². The third-order valence-electron chi connectivity index (χ3n) is 12.6. The number of imide groups is 1. The molecule has 0 aliphatic carbocycles. The predicted octanol–water partition coefficient (Wildman–Crippen LogP) is 6.67. The minimum absolute atomic E-state index is 0.0197. The maximum absolute atomic E-state index is 13.7. The van der Waals surface area contributed by atoms with E-state index >= 15 is 0 Å². The molecule has 4 aliphatic rings. The number of amides is 4. The van der Waals surface area contributed by atoms with Crippen molar-refractivity contribution in [1.29, 1.82) is 0 Å². The van der Waals surface area contributed by atoms with Crippen molar-refractivity contribution in [2.24, 2.45) is 0 Å². The van der Waals surface area contributed by atoms with Crippen LogP contribution in [0.1, 0.15) is 73.7 Å². The molecule has 8 rings (SSSR count). The minimum Gasteiger partial charge on any atom is -0.493 e. The number of fused-ring (bicyclic) bond motifs is 2. The van der Waals surface area contributed by atoms with Gasteiger partial charge in [-0.3, -0.25) is 29.4 Å². The van der Waals surface area contributed by atoms with Crippen LogP contribution in [0.4, 0.5) is 15.9 Å². The number of methoxy groups -OCH3 is 1. The number of ether oxygens (including phenoxy) is 2. The molecule has 334 valence electrons. The number of thioether (sulfide) groups is 1. The van der Waals surface area contributed by atoms with E-state index in [0.717, 1.165) is 106 Å². The summed E-state index contributed by atoms with van der Waals surface area (Å²) in [5.74, 6) is 1.53. The van der Waals surface area contributed by atoms with E-state index in [9.17, 15) is 23.6 Å². The highest BCUT2D eigenvalue weighted by Crippen LogP contribution is 2.37.